The molecule has 4 nitrogen and oxygen atoms in total. The Balaban J connectivity index is 1.42. The molecule has 1 aromatic heterocycles. The molecule has 138 valence electrons. The first-order valence-electron chi connectivity index (χ1n) is 9.54. The van der Waals surface area contributed by atoms with Gasteiger partial charge in [0.05, 0.1) is 11.7 Å². The number of benzene rings is 2. The Hall–Kier alpha value is -2.72. The van der Waals surface area contributed by atoms with E-state index in [9.17, 15) is 4.79 Å². The molecule has 0 spiro atoms. The smallest absolute Gasteiger partial charge is 0.140 e. The highest BCUT2D eigenvalue weighted by atomic mass is 16.1. The van der Waals surface area contributed by atoms with Gasteiger partial charge in [-0.05, 0) is 56.1 Å². The standard InChI is InChI=1S/C23H25N3O/c1-19(27)23(21-5-3-2-4-6-21)11-14-25(15-12-23)17-20-7-9-22(10-8-20)26-16-13-24-18-26/h2-10,13,16,18H,11-12,14-15,17H2,1H3. The van der Waals surface area contributed by atoms with Crippen LogP contribution in [-0.4, -0.2) is 33.3 Å². The normalized spacial score (nSPS) is 16.9. The van der Waals surface area contributed by atoms with Crippen LogP contribution in [0.1, 0.15) is 30.9 Å². The van der Waals surface area contributed by atoms with E-state index < -0.39 is 0 Å². The van der Waals surface area contributed by atoms with Gasteiger partial charge in [0.2, 0.25) is 0 Å². The van der Waals surface area contributed by atoms with Crippen LogP contribution in [0, 0.1) is 0 Å². The van der Waals surface area contributed by atoms with E-state index in [1.165, 1.54) is 11.1 Å². The Morgan fingerprint density at radius 3 is 2.33 bits per heavy atom. The summed E-state index contributed by atoms with van der Waals surface area (Å²) in [6, 6.07) is 18.9. The molecule has 0 saturated carbocycles. The van der Waals surface area contributed by atoms with E-state index >= 15 is 0 Å². The number of rotatable bonds is 5. The summed E-state index contributed by atoms with van der Waals surface area (Å²) in [7, 11) is 0. The van der Waals surface area contributed by atoms with Crippen LogP contribution in [0.2, 0.25) is 0 Å². The van der Waals surface area contributed by atoms with Crippen molar-refractivity contribution in [1.82, 2.24) is 14.5 Å². The highest BCUT2D eigenvalue weighted by Crippen LogP contribution is 2.36. The zero-order valence-electron chi connectivity index (χ0n) is 15.7. The van der Waals surface area contributed by atoms with Gasteiger partial charge in [0.15, 0.2) is 0 Å². The summed E-state index contributed by atoms with van der Waals surface area (Å²) in [4.78, 5) is 19.1. The predicted molar refractivity (Wildman–Crippen MR) is 107 cm³/mol. The molecule has 1 aliphatic rings. The van der Waals surface area contributed by atoms with Gasteiger partial charge in [0.25, 0.3) is 0 Å². The average molecular weight is 359 g/mol. The summed E-state index contributed by atoms with van der Waals surface area (Å²) in [6.07, 6.45) is 7.32. The topological polar surface area (TPSA) is 38.1 Å². The first-order valence-corrected chi connectivity index (χ1v) is 9.54. The fraction of sp³-hybridized carbons (Fsp3) is 0.304. The Kier molecular flexibility index (Phi) is 4.90. The number of nitrogens with zero attached hydrogens (tertiary/aromatic N) is 3. The fourth-order valence-electron chi connectivity index (χ4n) is 4.14. The van der Waals surface area contributed by atoms with Crippen molar-refractivity contribution < 1.29 is 4.79 Å². The molecule has 0 N–H and O–H groups in total. The van der Waals surface area contributed by atoms with Crippen LogP contribution in [0.4, 0.5) is 0 Å². The molecule has 2 heterocycles. The van der Waals surface area contributed by atoms with E-state index in [2.05, 4.69) is 46.3 Å². The van der Waals surface area contributed by atoms with Crippen LogP contribution in [0.3, 0.4) is 0 Å². The first-order chi connectivity index (χ1) is 13.2. The number of piperidine rings is 1. The van der Waals surface area contributed by atoms with E-state index in [4.69, 9.17) is 0 Å². The largest absolute Gasteiger partial charge is 0.306 e. The van der Waals surface area contributed by atoms with Gasteiger partial charge in [-0.15, -0.1) is 0 Å². The summed E-state index contributed by atoms with van der Waals surface area (Å²) in [5.41, 5.74) is 3.27. The van der Waals surface area contributed by atoms with E-state index in [1.54, 1.807) is 13.1 Å². The minimum atomic E-state index is -0.316. The number of hydrogen-bond acceptors (Lipinski definition) is 3. The summed E-state index contributed by atoms with van der Waals surface area (Å²) >= 11 is 0. The number of carbonyl (C=O) groups is 1. The molecule has 0 unspecified atom stereocenters. The molecule has 27 heavy (non-hydrogen) atoms. The van der Waals surface area contributed by atoms with Crippen LogP contribution in [0.5, 0.6) is 0 Å². The summed E-state index contributed by atoms with van der Waals surface area (Å²) in [5.74, 6) is 0.290. The van der Waals surface area contributed by atoms with Gasteiger partial charge in [0, 0.05) is 24.6 Å². The molecular formula is C23H25N3O. The minimum absolute atomic E-state index is 0.290. The zero-order valence-corrected chi connectivity index (χ0v) is 15.7. The van der Waals surface area contributed by atoms with Gasteiger partial charge in [0.1, 0.15) is 5.78 Å². The molecule has 0 amide bonds. The second-order valence-corrected chi connectivity index (χ2v) is 7.42. The maximum atomic E-state index is 12.5. The van der Waals surface area contributed by atoms with Crippen LogP contribution >= 0.6 is 0 Å². The SMILES string of the molecule is CC(=O)C1(c2ccccc2)CCN(Cc2ccc(-n3ccnc3)cc2)CC1. The molecule has 4 rings (SSSR count). The van der Waals surface area contributed by atoms with Crippen molar-refractivity contribution in [1.29, 1.82) is 0 Å². The molecule has 4 heteroatoms. The first kappa shape index (κ1) is 17.7. The zero-order chi connectivity index (χ0) is 18.7. The van der Waals surface area contributed by atoms with E-state index in [-0.39, 0.29) is 11.2 Å². The molecule has 1 saturated heterocycles. The number of imidazole rings is 1. The minimum Gasteiger partial charge on any atom is -0.306 e. The van der Waals surface area contributed by atoms with Gasteiger partial charge in [-0.1, -0.05) is 42.5 Å². The highest BCUT2D eigenvalue weighted by molar-refractivity contribution is 5.88. The third kappa shape index (κ3) is 3.58. The van der Waals surface area contributed by atoms with Crippen molar-refractivity contribution in [2.45, 2.75) is 31.7 Å². The van der Waals surface area contributed by atoms with Gasteiger partial charge < -0.3 is 4.57 Å². The maximum Gasteiger partial charge on any atom is 0.140 e. The number of ketones is 1. The Morgan fingerprint density at radius 1 is 1.04 bits per heavy atom. The molecule has 0 aliphatic carbocycles. The second-order valence-electron chi connectivity index (χ2n) is 7.42. The molecule has 2 aromatic carbocycles. The van der Waals surface area contributed by atoms with Crippen molar-refractivity contribution in [3.63, 3.8) is 0 Å². The molecular weight excluding hydrogens is 334 g/mol. The lowest BCUT2D eigenvalue weighted by atomic mass is 9.70. The number of carbonyl (C=O) groups excluding carboxylic acids is 1. The van der Waals surface area contributed by atoms with Gasteiger partial charge in [-0.3, -0.25) is 9.69 Å². The van der Waals surface area contributed by atoms with E-state index in [1.807, 2.05) is 35.3 Å². The maximum absolute atomic E-state index is 12.5. The Morgan fingerprint density at radius 2 is 1.74 bits per heavy atom. The fourth-order valence-corrected chi connectivity index (χ4v) is 4.14. The van der Waals surface area contributed by atoms with Crippen LogP contribution in [0.15, 0.2) is 73.3 Å². The molecule has 0 bridgehead atoms. The average Bonchev–Trinajstić information content (AvgIpc) is 3.25. The predicted octanol–water partition coefficient (Wildman–Crippen LogP) is 4.00. The number of Topliss-reactive ketones (excluding diaryl/α,β-unsaturated/α-hetero) is 1. The Labute approximate surface area is 160 Å². The third-order valence-corrected chi connectivity index (χ3v) is 5.85. The van der Waals surface area contributed by atoms with Crippen LogP contribution in [-0.2, 0) is 16.8 Å². The molecule has 3 aromatic rings. The number of hydrogen-bond donors (Lipinski definition) is 0. The van der Waals surface area contributed by atoms with Gasteiger partial charge in [-0.25, -0.2) is 4.98 Å². The van der Waals surface area contributed by atoms with Crippen molar-refractivity contribution in [2.75, 3.05) is 13.1 Å². The van der Waals surface area contributed by atoms with Crippen molar-refractivity contribution in [3.8, 4) is 5.69 Å². The lowest BCUT2D eigenvalue weighted by Gasteiger charge is -2.40. The lowest BCUT2D eigenvalue weighted by Crippen LogP contribution is -2.46. The second kappa shape index (κ2) is 7.49. The van der Waals surface area contributed by atoms with Crippen molar-refractivity contribution >= 4 is 5.78 Å². The molecule has 0 atom stereocenters. The van der Waals surface area contributed by atoms with Crippen molar-refractivity contribution in [3.05, 3.63) is 84.4 Å². The van der Waals surface area contributed by atoms with Gasteiger partial charge in [-0.2, -0.15) is 0 Å². The third-order valence-electron chi connectivity index (χ3n) is 5.85. The summed E-state index contributed by atoms with van der Waals surface area (Å²) < 4.78 is 2.01. The summed E-state index contributed by atoms with van der Waals surface area (Å²) in [6.45, 7) is 4.56. The molecule has 1 aliphatic heterocycles. The number of aromatic nitrogens is 2. The Bertz CT molecular complexity index is 877. The van der Waals surface area contributed by atoms with E-state index in [0.29, 0.717) is 0 Å². The molecule has 1 fully saturated rings. The highest BCUT2D eigenvalue weighted by Gasteiger charge is 2.40. The quantitative estimate of drug-likeness (QED) is 0.691. The lowest BCUT2D eigenvalue weighted by molar-refractivity contribution is -0.124. The summed E-state index contributed by atoms with van der Waals surface area (Å²) in [5, 5.41) is 0. The van der Waals surface area contributed by atoms with Crippen LogP contribution in [0.25, 0.3) is 5.69 Å². The van der Waals surface area contributed by atoms with Crippen molar-refractivity contribution in [2.24, 2.45) is 0 Å². The molecule has 0 radical (unpaired) electrons. The van der Waals surface area contributed by atoms with Gasteiger partial charge >= 0.3 is 0 Å². The monoisotopic (exact) mass is 359 g/mol. The van der Waals surface area contributed by atoms with Crippen LogP contribution < -0.4 is 0 Å². The van der Waals surface area contributed by atoms with E-state index in [0.717, 1.165) is 38.2 Å². The number of likely N-dealkylation sites (tertiary alicyclic amines) is 1.